The molecule has 0 fully saturated rings. The Labute approximate surface area is 148 Å². The van der Waals surface area contributed by atoms with Gasteiger partial charge in [-0.25, -0.2) is 0 Å². The van der Waals surface area contributed by atoms with Gasteiger partial charge >= 0.3 is 0 Å². The van der Waals surface area contributed by atoms with E-state index in [2.05, 4.69) is 92.9 Å². The Bertz CT molecular complexity index is 89.2. The molecule has 8 heteroatoms. The van der Waals surface area contributed by atoms with E-state index >= 15 is 0 Å². The number of hydrogen-bond acceptors (Lipinski definition) is 0. The minimum absolute atomic E-state index is 0. The fourth-order valence-corrected chi connectivity index (χ4v) is 1.95. The zero-order valence-corrected chi connectivity index (χ0v) is 16.6. The molecule has 0 heterocycles. The van der Waals surface area contributed by atoms with Crippen LogP contribution in [0, 0.1) is 0 Å². The fraction of sp³-hybridized carbons (Fsp3) is 1.00. The highest BCUT2D eigenvalue weighted by molar-refractivity contribution is 6.86. The first-order valence-corrected chi connectivity index (χ1v) is 8.87. The summed E-state index contributed by atoms with van der Waals surface area (Å²) in [6, 6.07) is 0. The van der Waals surface area contributed by atoms with Gasteiger partial charge < -0.3 is 16.9 Å². The van der Waals surface area contributed by atoms with E-state index in [4.69, 9.17) is 0 Å². The van der Waals surface area contributed by atoms with E-state index in [-0.39, 0.29) is 12.4 Å². The molecular weight excluding hydrogens is 382 g/mol. The van der Waals surface area contributed by atoms with Gasteiger partial charge in [0, 0.05) is 65.1 Å². The van der Waals surface area contributed by atoms with Crippen molar-refractivity contribution in [2.24, 2.45) is 0 Å². The van der Waals surface area contributed by atoms with E-state index in [9.17, 15) is 0 Å². The van der Waals surface area contributed by atoms with Crippen LogP contribution in [0.15, 0.2) is 0 Å². The van der Waals surface area contributed by atoms with Gasteiger partial charge in [-0.05, 0) is 19.3 Å². The van der Waals surface area contributed by atoms with Crippen LogP contribution >= 0.6 is 65.1 Å². The minimum Gasteiger partial charge on any atom is -1.00 e. The Balaban J connectivity index is -0.0000000700. The second kappa shape index (κ2) is 31.4. The quantitative estimate of drug-likeness (QED) is 0.589. The molecule has 0 bridgehead atoms. The van der Waals surface area contributed by atoms with Crippen molar-refractivity contribution in [1.82, 2.24) is 0 Å². The van der Waals surface area contributed by atoms with Gasteiger partial charge in [-0.15, -0.1) is 0 Å². The van der Waals surface area contributed by atoms with E-state index in [1.165, 1.54) is 43.4 Å². The summed E-state index contributed by atoms with van der Waals surface area (Å²) >= 11 is 0. The van der Waals surface area contributed by atoms with Crippen LogP contribution < -0.4 is 12.4 Å². The maximum Gasteiger partial charge on any atom is 0.0781 e. The zero-order valence-electron chi connectivity index (χ0n) is 11.3. The highest BCUT2D eigenvalue weighted by atomic mass is 36.5. The van der Waals surface area contributed by atoms with Crippen molar-refractivity contribution in [2.45, 2.75) is 40.0 Å². The fourth-order valence-electron chi connectivity index (χ4n) is 1.95. The Morgan fingerprint density at radius 1 is 0.611 bits per heavy atom. The monoisotopic (exact) mass is 403 g/mol. The average Bonchev–Trinajstić information content (AvgIpc) is 2.37. The number of rotatable bonds is 6. The third-order valence-corrected chi connectivity index (χ3v) is 2.29. The second-order valence-corrected chi connectivity index (χ2v) is 3.79. The maximum atomic E-state index is 4.11. The third-order valence-electron chi connectivity index (χ3n) is 2.29. The Kier molecular flexibility index (Phi) is 56.0. The van der Waals surface area contributed by atoms with Crippen LogP contribution in [-0.4, -0.2) is 31.2 Å². The molecule has 0 N–H and O–H groups in total. The Morgan fingerprint density at radius 2 is 0.778 bits per heavy atom. The van der Waals surface area contributed by atoms with Crippen molar-refractivity contribution in [3.63, 3.8) is 0 Å². The third kappa shape index (κ3) is 26.5. The van der Waals surface area contributed by atoms with Gasteiger partial charge in [0.2, 0.25) is 0 Å². The molecule has 118 valence electrons. The van der Waals surface area contributed by atoms with Crippen molar-refractivity contribution in [1.29, 1.82) is 0 Å². The molecule has 0 aromatic carbocycles. The largest absolute Gasteiger partial charge is 1.00 e. The summed E-state index contributed by atoms with van der Waals surface area (Å²) in [7, 11) is 27.1. The molecule has 0 aromatic rings. The molecule has 0 saturated carbocycles. The van der Waals surface area contributed by atoms with Crippen LogP contribution in [-0.2, 0) is 0 Å². The molecule has 0 aliphatic carbocycles. The molecule has 0 radical (unpaired) electrons. The first kappa shape index (κ1) is 32.1. The van der Waals surface area contributed by atoms with Gasteiger partial charge in [-0.3, -0.25) is 0 Å². The van der Waals surface area contributed by atoms with Crippen molar-refractivity contribution in [3.05, 3.63) is 0 Å². The lowest BCUT2D eigenvalue weighted by Gasteiger charge is -2.33. The lowest BCUT2D eigenvalue weighted by atomic mass is 10.2. The van der Waals surface area contributed by atoms with Crippen LogP contribution in [0.3, 0.4) is 0 Å². The predicted molar refractivity (Wildman–Crippen MR) is 86.8 cm³/mol. The predicted octanol–water partition coefficient (Wildman–Crippen LogP) is 3.80. The summed E-state index contributed by atoms with van der Waals surface area (Å²) in [4.78, 5) is 0. The van der Waals surface area contributed by atoms with Crippen LogP contribution in [0.1, 0.15) is 40.0 Å². The minimum atomic E-state index is 0. The molecule has 18 heavy (non-hydrogen) atoms. The average molecular weight is 406 g/mol. The second-order valence-electron chi connectivity index (χ2n) is 3.79. The number of hydrogen-bond donors (Lipinski definition) is 0. The SMILES string of the molecule is CCC[N+](C)(CCC)CCC.ClCl.ClCl.ClCl.[Cl-]. The number of nitrogens with zero attached hydrogens (tertiary/aromatic N) is 1. The van der Waals surface area contributed by atoms with Gasteiger partial charge in [0.15, 0.2) is 0 Å². The first-order chi connectivity index (χ1) is 8.18. The highest BCUT2D eigenvalue weighted by Crippen LogP contribution is 2.06. The van der Waals surface area contributed by atoms with Crippen molar-refractivity contribution < 1.29 is 16.9 Å². The van der Waals surface area contributed by atoms with E-state index in [0.29, 0.717) is 0 Å². The van der Waals surface area contributed by atoms with Crippen LogP contribution in [0.4, 0.5) is 0 Å². The molecule has 0 aliphatic rings. The highest BCUT2D eigenvalue weighted by Gasteiger charge is 2.16. The van der Waals surface area contributed by atoms with Crippen molar-refractivity contribution in [3.8, 4) is 0 Å². The Hall–Kier alpha value is 1.99. The standard InChI is InChI=1S/C10H24N.3Cl2.ClH/c1-5-8-11(4,9-6-2)10-7-3;3*1-2;/h5-10H2,1-4H3;;;;1H/q+1;;;;/p-1. The molecule has 0 aliphatic heterocycles. The zero-order chi connectivity index (χ0) is 14.7. The summed E-state index contributed by atoms with van der Waals surface area (Å²) < 4.78 is 1.28. The first-order valence-electron chi connectivity index (χ1n) is 5.45. The van der Waals surface area contributed by atoms with E-state index in [1.54, 1.807) is 0 Å². The molecule has 0 amide bonds. The van der Waals surface area contributed by atoms with Crippen LogP contribution in [0.2, 0.25) is 0 Å². The molecule has 1 nitrogen and oxygen atoms in total. The van der Waals surface area contributed by atoms with Gasteiger partial charge in [0.05, 0.1) is 26.7 Å². The number of halogens is 7. The lowest BCUT2D eigenvalue weighted by Crippen LogP contribution is -3.00. The summed E-state index contributed by atoms with van der Waals surface area (Å²) in [5.41, 5.74) is 0. The van der Waals surface area contributed by atoms with Crippen LogP contribution in [0.25, 0.3) is 0 Å². The summed E-state index contributed by atoms with van der Waals surface area (Å²) in [5.74, 6) is 0. The Morgan fingerprint density at radius 3 is 0.889 bits per heavy atom. The van der Waals surface area contributed by atoms with Crippen LogP contribution in [0.5, 0.6) is 0 Å². The molecule has 0 saturated heterocycles. The number of quaternary nitrogens is 1. The van der Waals surface area contributed by atoms with Gasteiger partial charge in [-0.1, -0.05) is 20.8 Å². The van der Waals surface area contributed by atoms with E-state index in [0.717, 1.165) is 0 Å². The van der Waals surface area contributed by atoms with Crippen molar-refractivity contribution >= 4 is 65.1 Å². The topological polar surface area (TPSA) is 0 Å². The molecule has 0 rings (SSSR count). The molecule has 0 spiro atoms. The summed E-state index contributed by atoms with van der Waals surface area (Å²) in [5, 5.41) is 0. The summed E-state index contributed by atoms with van der Waals surface area (Å²) in [6.07, 6.45) is 3.95. The lowest BCUT2D eigenvalue weighted by molar-refractivity contribution is -0.909. The molecular formula is C10H24Cl7N. The van der Waals surface area contributed by atoms with Gasteiger partial charge in [-0.2, -0.15) is 0 Å². The molecule has 0 atom stereocenters. The van der Waals surface area contributed by atoms with E-state index in [1.807, 2.05) is 0 Å². The smallest absolute Gasteiger partial charge is 0.0781 e. The maximum absolute atomic E-state index is 4.11. The molecule has 0 unspecified atom stereocenters. The van der Waals surface area contributed by atoms with E-state index < -0.39 is 0 Å². The normalized spacial score (nSPS) is 8.33. The van der Waals surface area contributed by atoms with Gasteiger partial charge in [0.1, 0.15) is 0 Å². The van der Waals surface area contributed by atoms with Crippen molar-refractivity contribution in [2.75, 3.05) is 26.7 Å². The van der Waals surface area contributed by atoms with Gasteiger partial charge in [0.25, 0.3) is 0 Å². The summed E-state index contributed by atoms with van der Waals surface area (Å²) in [6.45, 7) is 10.9. The molecule has 0 aromatic heterocycles.